The molecule has 108 valence electrons. The summed E-state index contributed by atoms with van der Waals surface area (Å²) in [6.45, 7) is 0. The van der Waals surface area contributed by atoms with Crippen molar-refractivity contribution in [1.82, 2.24) is 15.0 Å². The van der Waals surface area contributed by atoms with Gasteiger partial charge in [0.2, 0.25) is 17.8 Å². The Kier molecular flexibility index (Phi) is 4.13. The van der Waals surface area contributed by atoms with Gasteiger partial charge in [0.05, 0.1) is 17.3 Å². The van der Waals surface area contributed by atoms with E-state index in [2.05, 4.69) is 25.6 Å². The summed E-state index contributed by atoms with van der Waals surface area (Å²) in [6, 6.07) is 6.00. The Balaban J connectivity index is 2.35. The molecule has 0 aliphatic heterocycles. The lowest BCUT2D eigenvalue weighted by atomic mass is 10.2. The zero-order chi connectivity index (χ0) is 15.4. The smallest absolute Gasteiger partial charge is 0.233 e. The monoisotopic (exact) mass is 287 g/mol. The van der Waals surface area contributed by atoms with Gasteiger partial charge in [0, 0.05) is 21.1 Å². The van der Waals surface area contributed by atoms with E-state index in [1.807, 2.05) is 6.07 Å². The Bertz CT molecular complexity index is 693. The third kappa shape index (κ3) is 3.33. The van der Waals surface area contributed by atoms with Crippen molar-refractivity contribution < 1.29 is 4.39 Å². The molecule has 0 spiro atoms. The fraction of sp³-hybridized carbons (Fsp3) is 0.231. The van der Waals surface area contributed by atoms with E-state index in [9.17, 15) is 4.39 Å². The molecule has 0 amide bonds. The number of nitriles is 1. The van der Waals surface area contributed by atoms with E-state index in [1.54, 1.807) is 26.0 Å². The van der Waals surface area contributed by atoms with Crippen molar-refractivity contribution in [1.29, 1.82) is 5.26 Å². The van der Waals surface area contributed by atoms with Gasteiger partial charge in [-0.3, -0.25) is 0 Å². The highest BCUT2D eigenvalue weighted by molar-refractivity contribution is 5.57. The van der Waals surface area contributed by atoms with Gasteiger partial charge in [0.1, 0.15) is 5.82 Å². The first-order chi connectivity index (χ1) is 10.0. The average molecular weight is 287 g/mol. The molecule has 1 heterocycles. The molecule has 8 heteroatoms. The molecule has 2 aromatic rings. The number of hydrogen-bond donors (Lipinski definition) is 2. The maximum atomic E-state index is 13.9. The van der Waals surface area contributed by atoms with Crippen LogP contribution in [0, 0.1) is 17.1 Å². The molecule has 0 saturated heterocycles. The lowest BCUT2D eigenvalue weighted by Gasteiger charge is -2.13. The highest BCUT2D eigenvalue weighted by Crippen LogP contribution is 2.20. The maximum Gasteiger partial charge on any atom is 0.233 e. The second kappa shape index (κ2) is 6.00. The minimum atomic E-state index is -0.549. The third-order valence-electron chi connectivity index (χ3n) is 2.59. The molecule has 0 saturated carbocycles. The van der Waals surface area contributed by atoms with Gasteiger partial charge in [-0.1, -0.05) is 0 Å². The predicted molar refractivity (Wildman–Crippen MR) is 78.1 cm³/mol. The first-order valence-electron chi connectivity index (χ1n) is 6.11. The highest BCUT2D eigenvalue weighted by atomic mass is 19.1. The van der Waals surface area contributed by atoms with Crippen LogP contribution >= 0.6 is 0 Å². The van der Waals surface area contributed by atoms with Crippen LogP contribution in [0.5, 0.6) is 0 Å². The first kappa shape index (κ1) is 14.5. The first-order valence-corrected chi connectivity index (χ1v) is 6.11. The molecule has 0 atom stereocenters. The van der Waals surface area contributed by atoms with E-state index in [1.165, 1.54) is 12.1 Å². The van der Waals surface area contributed by atoms with E-state index in [4.69, 9.17) is 5.26 Å². The van der Waals surface area contributed by atoms with Crippen molar-refractivity contribution in [2.75, 3.05) is 36.7 Å². The molecule has 2 rings (SSSR count). The Labute approximate surface area is 121 Å². The summed E-state index contributed by atoms with van der Waals surface area (Å²) in [4.78, 5) is 14.2. The minimum absolute atomic E-state index is 0.187. The van der Waals surface area contributed by atoms with Crippen LogP contribution in [0.4, 0.5) is 27.9 Å². The number of nitrogens with zero attached hydrogens (tertiary/aromatic N) is 5. The molecule has 0 fully saturated rings. The van der Waals surface area contributed by atoms with E-state index in [-0.39, 0.29) is 17.2 Å². The minimum Gasteiger partial charge on any atom is -0.357 e. The molecule has 0 radical (unpaired) electrons. The summed E-state index contributed by atoms with van der Waals surface area (Å²) in [7, 11) is 5.27. The number of benzene rings is 1. The Hall–Kier alpha value is -2.95. The van der Waals surface area contributed by atoms with Gasteiger partial charge in [-0.25, -0.2) is 4.39 Å². The van der Waals surface area contributed by atoms with E-state index < -0.39 is 5.82 Å². The zero-order valence-electron chi connectivity index (χ0n) is 11.8. The lowest BCUT2D eigenvalue weighted by Crippen LogP contribution is -2.15. The van der Waals surface area contributed by atoms with Gasteiger partial charge in [0.15, 0.2) is 0 Å². The molecule has 0 unspecified atom stereocenters. The number of anilines is 4. The summed E-state index contributed by atoms with van der Waals surface area (Å²) in [5.41, 5.74) is 0.436. The predicted octanol–water partition coefficient (Wildman–Crippen LogP) is 1.73. The van der Waals surface area contributed by atoms with Crippen LogP contribution in [0.15, 0.2) is 18.2 Å². The molecular weight excluding hydrogens is 273 g/mol. The van der Waals surface area contributed by atoms with Crippen LogP contribution < -0.4 is 15.5 Å². The Morgan fingerprint density at radius 2 is 1.90 bits per heavy atom. The lowest BCUT2D eigenvalue weighted by molar-refractivity contribution is 0.631. The molecule has 1 aromatic heterocycles. The number of rotatable bonds is 4. The normalized spacial score (nSPS) is 9.86. The zero-order valence-corrected chi connectivity index (χ0v) is 11.8. The van der Waals surface area contributed by atoms with Crippen molar-refractivity contribution in [2.45, 2.75) is 0 Å². The summed E-state index contributed by atoms with van der Waals surface area (Å²) >= 11 is 0. The summed E-state index contributed by atoms with van der Waals surface area (Å²) in [5.74, 6) is 0.463. The summed E-state index contributed by atoms with van der Waals surface area (Å²) in [6.07, 6.45) is 0. The number of aromatic nitrogens is 3. The average Bonchev–Trinajstić information content (AvgIpc) is 2.48. The van der Waals surface area contributed by atoms with Gasteiger partial charge >= 0.3 is 0 Å². The molecule has 0 aliphatic rings. The van der Waals surface area contributed by atoms with E-state index in [0.717, 1.165) is 6.07 Å². The van der Waals surface area contributed by atoms with Gasteiger partial charge in [-0.2, -0.15) is 20.2 Å². The van der Waals surface area contributed by atoms with Gasteiger partial charge in [-0.15, -0.1) is 0 Å². The fourth-order valence-electron chi connectivity index (χ4n) is 1.54. The van der Waals surface area contributed by atoms with Gasteiger partial charge in [0.25, 0.3) is 0 Å². The Morgan fingerprint density at radius 3 is 2.48 bits per heavy atom. The fourth-order valence-corrected chi connectivity index (χ4v) is 1.54. The van der Waals surface area contributed by atoms with Crippen LogP contribution in [0.2, 0.25) is 0 Å². The van der Waals surface area contributed by atoms with Crippen molar-refractivity contribution in [3.05, 3.63) is 29.6 Å². The standard InChI is InChI=1S/C13H14FN7/c1-16-11-18-12(20-13(19-11)21(2)3)17-10-5-4-8(7-15)6-9(10)14/h4-6H,1-3H3,(H2,16,17,18,19,20). The molecule has 2 N–H and O–H groups in total. The van der Waals surface area contributed by atoms with Crippen molar-refractivity contribution in [2.24, 2.45) is 0 Å². The molecule has 7 nitrogen and oxygen atoms in total. The molecule has 21 heavy (non-hydrogen) atoms. The molecule has 1 aromatic carbocycles. The molecule has 0 bridgehead atoms. The van der Waals surface area contributed by atoms with Crippen molar-refractivity contribution in [3.63, 3.8) is 0 Å². The van der Waals surface area contributed by atoms with Crippen molar-refractivity contribution >= 4 is 23.5 Å². The van der Waals surface area contributed by atoms with Gasteiger partial charge in [-0.05, 0) is 18.2 Å². The van der Waals surface area contributed by atoms with E-state index in [0.29, 0.717) is 11.9 Å². The second-order valence-corrected chi connectivity index (χ2v) is 4.36. The SMILES string of the molecule is CNc1nc(Nc2ccc(C#N)cc2F)nc(N(C)C)n1. The van der Waals surface area contributed by atoms with Crippen LogP contribution in [0.1, 0.15) is 5.56 Å². The van der Waals surface area contributed by atoms with Crippen LogP contribution in [0.25, 0.3) is 0 Å². The number of nitrogens with one attached hydrogen (secondary N) is 2. The van der Waals surface area contributed by atoms with Crippen LogP contribution in [-0.4, -0.2) is 36.1 Å². The highest BCUT2D eigenvalue weighted by Gasteiger charge is 2.10. The van der Waals surface area contributed by atoms with Gasteiger partial charge < -0.3 is 15.5 Å². The van der Waals surface area contributed by atoms with E-state index >= 15 is 0 Å². The molecular formula is C13H14FN7. The number of halogens is 1. The molecule has 0 aliphatic carbocycles. The summed E-state index contributed by atoms with van der Waals surface area (Å²) in [5, 5.41) is 14.3. The largest absolute Gasteiger partial charge is 0.357 e. The second-order valence-electron chi connectivity index (χ2n) is 4.36. The van der Waals surface area contributed by atoms with Crippen LogP contribution in [-0.2, 0) is 0 Å². The maximum absolute atomic E-state index is 13.9. The number of hydrogen-bond acceptors (Lipinski definition) is 7. The Morgan fingerprint density at radius 1 is 1.19 bits per heavy atom. The topological polar surface area (TPSA) is 89.8 Å². The van der Waals surface area contributed by atoms with Crippen molar-refractivity contribution in [3.8, 4) is 6.07 Å². The summed E-state index contributed by atoms with van der Waals surface area (Å²) < 4.78 is 13.9. The quantitative estimate of drug-likeness (QED) is 0.885. The van der Waals surface area contributed by atoms with Crippen LogP contribution in [0.3, 0.4) is 0 Å². The third-order valence-corrected chi connectivity index (χ3v) is 2.59.